The van der Waals surface area contributed by atoms with Crippen molar-refractivity contribution in [1.29, 1.82) is 0 Å². The van der Waals surface area contributed by atoms with Crippen molar-refractivity contribution in [2.75, 3.05) is 0 Å². The highest BCUT2D eigenvalue weighted by Gasteiger charge is 2.15. The summed E-state index contributed by atoms with van der Waals surface area (Å²) in [5.74, 6) is 0. The van der Waals surface area contributed by atoms with E-state index in [1.165, 1.54) is 55.6 Å². The summed E-state index contributed by atoms with van der Waals surface area (Å²) in [5, 5.41) is 0. The zero-order valence-corrected chi connectivity index (χ0v) is 27.1. The van der Waals surface area contributed by atoms with E-state index in [-0.39, 0.29) is 0 Å². The molecule has 0 saturated carbocycles. The van der Waals surface area contributed by atoms with E-state index in [9.17, 15) is 0 Å². The number of aromatic nitrogens is 2. The molecule has 0 saturated heterocycles. The molecule has 0 amide bonds. The summed E-state index contributed by atoms with van der Waals surface area (Å²) in [7, 11) is 0. The first-order chi connectivity index (χ1) is 21.0. The lowest BCUT2D eigenvalue weighted by atomic mass is 9.95. The molecule has 0 atom stereocenters. The van der Waals surface area contributed by atoms with Gasteiger partial charge in [-0.05, 0) is 126 Å². The Labute approximate surface area is 262 Å². The second kappa shape index (κ2) is 11.7. The van der Waals surface area contributed by atoms with Gasteiger partial charge in [0.25, 0.3) is 0 Å². The van der Waals surface area contributed by atoms with Gasteiger partial charge in [0.05, 0.1) is 22.8 Å². The lowest BCUT2D eigenvalue weighted by Crippen LogP contribution is -1.97. The topological polar surface area (TPSA) is 25.8 Å². The van der Waals surface area contributed by atoms with Crippen LogP contribution in [0.3, 0.4) is 0 Å². The Bertz CT molecular complexity index is 1680. The van der Waals surface area contributed by atoms with Gasteiger partial charge in [-0.3, -0.25) is 0 Å². The molecule has 4 aromatic carbocycles. The van der Waals surface area contributed by atoms with E-state index in [2.05, 4.69) is 152 Å². The van der Waals surface area contributed by atoms with Crippen LogP contribution in [0.4, 0.5) is 0 Å². The Balaban J connectivity index is 1.64. The molecular weight excluding hydrogens is 532 g/mol. The Hall–Kier alpha value is -4.82. The molecule has 6 aromatic rings. The highest BCUT2D eigenvalue weighted by molar-refractivity contribution is 5.81. The fourth-order valence-electron chi connectivity index (χ4n) is 6.48. The van der Waals surface area contributed by atoms with Gasteiger partial charge in [-0.2, -0.15) is 0 Å². The maximum absolute atomic E-state index is 5.30. The molecule has 0 N–H and O–H groups in total. The van der Waals surface area contributed by atoms with Crippen LogP contribution in [0.2, 0.25) is 0 Å². The monoisotopic (exact) mass is 572 g/mol. The standard InChI is InChI=1S/C42H40N2/c1-25-9-26(2)14-33(13-25)35-21-39(37-17-29(5)11-30(6)18-37)43-41(23-35)42-24-36(34-15-27(3)10-28(4)16-34)22-40(44-42)38-19-31(7)12-32(8)20-38/h9-24H,1-8H3. The van der Waals surface area contributed by atoms with Crippen LogP contribution in [0.1, 0.15) is 44.5 Å². The third-order valence-electron chi connectivity index (χ3n) is 8.06. The summed E-state index contributed by atoms with van der Waals surface area (Å²) in [6.07, 6.45) is 0. The third-order valence-corrected chi connectivity index (χ3v) is 8.06. The molecule has 2 aromatic heterocycles. The summed E-state index contributed by atoms with van der Waals surface area (Å²) in [4.78, 5) is 10.6. The van der Waals surface area contributed by atoms with Gasteiger partial charge >= 0.3 is 0 Å². The summed E-state index contributed by atoms with van der Waals surface area (Å²) < 4.78 is 0. The molecule has 44 heavy (non-hydrogen) atoms. The first kappa shape index (κ1) is 29.3. The van der Waals surface area contributed by atoms with Crippen molar-refractivity contribution in [2.45, 2.75) is 55.4 Å². The van der Waals surface area contributed by atoms with Crippen molar-refractivity contribution in [2.24, 2.45) is 0 Å². The minimum atomic E-state index is 0.868. The first-order valence-corrected chi connectivity index (χ1v) is 15.4. The molecule has 0 aliphatic carbocycles. The fourth-order valence-corrected chi connectivity index (χ4v) is 6.48. The predicted octanol–water partition coefficient (Wildman–Crippen LogP) is 11.3. The Morgan fingerprint density at radius 3 is 0.705 bits per heavy atom. The van der Waals surface area contributed by atoms with E-state index in [1.807, 2.05) is 0 Å². The van der Waals surface area contributed by atoms with Gasteiger partial charge in [0.1, 0.15) is 0 Å². The smallest absolute Gasteiger partial charge is 0.0900 e. The Morgan fingerprint density at radius 1 is 0.227 bits per heavy atom. The van der Waals surface area contributed by atoms with Gasteiger partial charge in [0.15, 0.2) is 0 Å². The van der Waals surface area contributed by atoms with Gasteiger partial charge in [-0.15, -0.1) is 0 Å². The molecule has 0 spiro atoms. The van der Waals surface area contributed by atoms with Crippen molar-refractivity contribution in [3.8, 4) is 56.2 Å². The molecule has 2 heteroatoms. The van der Waals surface area contributed by atoms with Crippen molar-refractivity contribution in [1.82, 2.24) is 9.97 Å². The number of hydrogen-bond donors (Lipinski definition) is 0. The van der Waals surface area contributed by atoms with E-state index in [0.717, 1.165) is 45.0 Å². The van der Waals surface area contributed by atoms with Crippen LogP contribution in [0, 0.1) is 55.4 Å². The Morgan fingerprint density at radius 2 is 0.432 bits per heavy atom. The number of pyridine rings is 2. The summed E-state index contributed by atoms with van der Waals surface area (Å²) in [6, 6.07) is 35.7. The number of rotatable bonds is 5. The van der Waals surface area contributed by atoms with Gasteiger partial charge in [0.2, 0.25) is 0 Å². The zero-order valence-electron chi connectivity index (χ0n) is 27.1. The second-order valence-electron chi connectivity index (χ2n) is 12.8. The molecule has 2 nitrogen and oxygen atoms in total. The summed E-state index contributed by atoms with van der Waals surface area (Å²) >= 11 is 0. The Kier molecular flexibility index (Phi) is 7.78. The third kappa shape index (κ3) is 6.40. The van der Waals surface area contributed by atoms with E-state index < -0.39 is 0 Å². The normalized spacial score (nSPS) is 11.2. The molecular formula is C42H40N2. The molecule has 0 radical (unpaired) electrons. The molecule has 2 heterocycles. The molecule has 0 fully saturated rings. The minimum Gasteiger partial charge on any atom is -0.246 e. The quantitative estimate of drug-likeness (QED) is 0.205. The molecule has 0 unspecified atom stereocenters. The number of nitrogens with zero attached hydrogens (tertiary/aromatic N) is 2. The number of hydrogen-bond acceptors (Lipinski definition) is 2. The predicted molar refractivity (Wildman–Crippen MR) is 187 cm³/mol. The van der Waals surface area contributed by atoms with Crippen molar-refractivity contribution in [3.05, 3.63) is 142 Å². The van der Waals surface area contributed by atoms with Crippen molar-refractivity contribution >= 4 is 0 Å². The van der Waals surface area contributed by atoms with Crippen LogP contribution >= 0.6 is 0 Å². The molecule has 218 valence electrons. The van der Waals surface area contributed by atoms with Gasteiger partial charge in [0, 0.05) is 11.1 Å². The lowest BCUT2D eigenvalue weighted by Gasteiger charge is -2.15. The van der Waals surface area contributed by atoms with Crippen LogP contribution in [0.25, 0.3) is 56.2 Å². The van der Waals surface area contributed by atoms with Crippen LogP contribution in [0.5, 0.6) is 0 Å². The minimum absolute atomic E-state index is 0.868. The van der Waals surface area contributed by atoms with Gasteiger partial charge in [-0.1, -0.05) is 93.0 Å². The van der Waals surface area contributed by atoms with E-state index in [4.69, 9.17) is 9.97 Å². The molecule has 0 bridgehead atoms. The largest absolute Gasteiger partial charge is 0.246 e. The highest BCUT2D eigenvalue weighted by atomic mass is 14.8. The van der Waals surface area contributed by atoms with Crippen LogP contribution in [-0.4, -0.2) is 9.97 Å². The highest BCUT2D eigenvalue weighted by Crippen LogP contribution is 2.35. The van der Waals surface area contributed by atoms with E-state index in [0.29, 0.717) is 0 Å². The second-order valence-corrected chi connectivity index (χ2v) is 12.8. The first-order valence-electron chi connectivity index (χ1n) is 15.4. The number of aryl methyl sites for hydroxylation is 8. The van der Waals surface area contributed by atoms with Crippen molar-refractivity contribution in [3.63, 3.8) is 0 Å². The number of benzene rings is 4. The maximum Gasteiger partial charge on any atom is 0.0900 e. The van der Waals surface area contributed by atoms with Crippen LogP contribution in [0.15, 0.2) is 97.1 Å². The lowest BCUT2D eigenvalue weighted by molar-refractivity contribution is 1.24. The summed E-state index contributed by atoms with van der Waals surface area (Å²) in [5.41, 5.74) is 20.5. The molecule has 6 rings (SSSR count). The van der Waals surface area contributed by atoms with Crippen molar-refractivity contribution < 1.29 is 0 Å². The fraction of sp³-hybridized carbons (Fsp3) is 0.190. The molecule has 0 aliphatic heterocycles. The maximum atomic E-state index is 5.30. The summed E-state index contributed by atoms with van der Waals surface area (Å²) in [6.45, 7) is 17.2. The SMILES string of the molecule is Cc1cc(C)cc(-c2cc(-c3cc(C)cc(C)c3)nc(-c3cc(-c4cc(C)cc(C)c4)cc(-c4cc(C)cc(C)c4)n3)c2)c1. The molecule has 0 aliphatic rings. The van der Waals surface area contributed by atoms with E-state index >= 15 is 0 Å². The average molecular weight is 573 g/mol. The average Bonchev–Trinajstić information content (AvgIpc) is 2.95. The van der Waals surface area contributed by atoms with Gasteiger partial charge in [-0.25, -0.2) is 9.97 Å². The van der Waals surface area contributed by atoms with Crippen LogP contribution in [-0.2, 0) is 0 Å². The van der Waals surface area contributed by atoms with Crippen LogP contribution < -0.4 is 0 Å². The van der Waals surface area contributed by atoms with Gasteiger partial charge < -0.3 is 0 Å². The van der Waals surface area contributed by atoms with E-state index in [1.54, 1.807) is 0 Å². The zero-order chi connectivity index (χ0) is 31.1.